The van der Waals surface area contributed by atoms with Gasteiger partial charge in [-0.25, -0.2) is 0 Å². The second-order valence-electron chi connectivity index (χ2n) is 3.87. The van der Waals surface area contributed by atoms with E-state index in [2.05, 4.69) is 6.07 Å². The SMILES string of the molecule is N#Cc1ccc(CO)c(OCc2ccccc2)c1. The van der Waals surface area contributed by atoms with Crippen molar-refractivity contribution in [1.29, 1.82) is 5.26 Å². The van der Waals surface area contributed by atoms with Crippen LogP contribution in [-0.4, -0.2) is 5.11 Å². The van der Waals surface area contributed by atoms with Crippen molar-refractivity contribution >= 4 is 0 Å². The molecular weight excluding hydrogens is 226 g/mol. The van der Waals surface area contributed by atoms with E-state index in [1.807, 2.05) is 30.3 Å². The lowest BCUT2D eigenvalue weighted by Crippen LogP contribution is -1.99. The molecule has 1 N–H and O–H groups in total. The number of benzene rings is 2. The molecule has 2 aromatic carbocycles. The van der Waals surface area contributed by atoms with Gasteiger partial charge in [0.05, 0.1) is 18.2 Å². The lowest BCUT2D eigenvalue weighted by atomic mass is 10.1. The molecule has 0 aromatic heterocycles. The molecule has 18 heavy (non-hydrogen) atoms. The Morgan fingerprint density at radius 2 is 1.89 bits per heavy atom. The minimum absolute atomic E-state index is 0.101. The van der Waals surface area contributed by atoms with Crippen LogP contribution in [0.4, 0.5) is 0 Å². The zero-order valence-electron chi connectivity index (χ0n) is 9.84. The first-order valence-electron chi connectivity index (χ1n) is 5.64. The molecule has 0 aliphatic heterocycles. The second kappa shape index (κ2) is 5.85. The summed E-state index contributed by atoms with van der Waals surface area (Å²) in [4.78, 5) is 0. The zero-order valence-corrected chi connectivity index (χ0v) is 9.84. The first kappa shape index (κ1) is 12.2. The Hall–Kier alpha value is -2.31. The first-order valence-corrected chi connectivity index (χ1v) is 5.64. The Morgan fingerprint density at radius 1 is 1.11 bits per heavy atom. The van der Waals surface area contributed by atoms with Crippen molar-refractivity contribution in [3.8, 4) is 11.8 Å². The van der Waals surface area contributed by atoms with Crippen molar-refractivity contribution < 1.29 is 9.84 Å². The third kappa shape index (κ3) is 2.88. The Morgan fingerprint density at radius 3 is 2.56 bits per heavy atom. The van der Waals surface area contributed by atoms with E-state index in [0.717, 1.165) is 5.56 Å². The Labute approximate surface area is 106 Å². The van der Waals surface area contributed by atoms with Crippen LogP contribution in [0.25, 0.3) is 0 Å². The molecule has 0 saturated carbocycles. The van der Waals surface area contributed by atoms with Crippen molar-refractivity contribution in [3.63, 3.8) is 0 Å². The van der Waals surface area contributed by atoms with Gasteiger partial charge in [-0.1, -0.05) is 36.4 Å². The van der Waals surface area contributed by atoms with Crippen molar-refractivity contribution in [2.45, 2.75) is 13.2 Å². The summed E-state index contributed by atoms with van der Waals surface area (Å²) >= 11 is 0. The minimum Gasteiger partial charge on any atom is -0.488 e. The maximum atomic E-state index is 9.22. The number of rotatable bonds is 4. The van der Waals surface area contributed by atoms with Gasteiger partial charge in [0.25, 0.3) is 0 Å². The van der Waals surface area contributed by atoms with E-state index in [0.29, 0.717) is 23.5 Å². The van der Waals surface area contributed by atoms with Gasteiger partial charge in [0.15, 0.2) is 0 Å². The summed E-state index contributed by atoms with van der Waals surface area (Å²) in [5.41, 5.74) is 2.25. The predicted molar refractivity (Wildman–Crippen MR) is 67.9 cm³/mol. The molecule has 0 heterocycles. The van der Waals surface area contributed by atoms with Crippen LogP contribution in [0, 0.1) is 11.3 Å². The van der Waals surface area contributed by atoms with E-state index < -0.39 is 0 Å². The number of nitriles is 1. The molecule has 0 spiro atoms. The third-order valence-electron chi connectivity index (χ3n) is 2.60. The molecule has 0 radical (unpaired) electrons. The van der Waals surface area contributed by atoms with Gasteiger partial charge in [-0.2, -0.15) is 5.26 Å². The average molecular weight is 239 g/mol. The summed E-state index contributed by atoms with van der Waals surface area (Å²) in [5, 5.41) is 18.1. The third-order valence-corrected chi connectivity index (χ3v) is 2.60. The molecule has 2 aromatic rings. The van der Waals surface area contributed by atoms with Crippen molar-refractivity contribution in [3.05, 3.63) is 65.2 Å². The number of nitrogens with zero attached hydrogens (tertiary/aromatic N) is 1. The molecule has 0 aliphatic rings. The maximum absolute atomic E-state index is 9.22. The summed E-state index contributed by atoms with van der Waals surface area (Å²) in [6.07, 6.45) is 0. The van der Waals surface area contributed by atoms with E-state index in [4.69, 9.17) is 10.00 Å². The number of ether oxygens (including phenoxy) is 1. The zero-order chi connectivity index (χ0) is 12.8. The summed E-state index contributed by atoms with van der Waals surface area (Å²) in [6, 6.07) is 16.8. The quantitative estimate of drug-likeness (QED) is 0.892. The minimum atomic E-state index is -0.101. The van der Waals surface area contributed by atoms with Crippen molar-refractivity contribution in [2.75, 3.05) is 0 Å². The van der Waals surface area contributed by atoms with E-state index in [9.17, 15) is 5.11 Å². The van der Waals surface area contributed by atoms with Crippen molar-refractivity contribution in [2.24, 2.45) is 0 Å². The van der Waals surface area contributed by atoms with Crippen LogP contribution in [0.1, 0.15) is 16.7 Å². The second-order valence-corrected chi connectivity index (χ2v) is 3.87. The number of aliphatic hydroxyl groups is 1. The highest BCUT2D eigenvalue weighted by Gasteiger charge is 2.04. The maximum Gasteiger partial charge on any atom is 0.126 e. The highest BCUT2D eigenvalue weighted by Crippen LogP contribution is 2.21. The van der Waals surface area contributed by atoms with Crippen LogP contribution < -0.4 is 4.74 Å². The molecule has 90 valence electrons. The monoisotopic (exact) mass is 239 g/mol. The van der Waals surface area contributed by atoms with Crippen LogP contribution in [-0.2, 0) is 13.2 Å². The summed E-state index contributed by atoms with van der Waals surface area (Å²) in [7, 11) is 0. The van der Waals surface area contributed by atoms with Crippen molar-refractivity contribution in [1.82, 2.24) is 0 Å². The highest BCUT2D eigenvalue weighted by molar-refractivity contribution is 5.42. The van der Waals surface area contributed by atoms with Gasteiger partial charge in [-0.15, -0.1) is 0 Å². The topological polar surface area (TPSA) is 53.2 Å². The summed E-state index contributed by atoms with van der Waals surface area (Å²) in [5.74, 6) is 0.556. The molecule has 0 unspecified atom stereocenters. The van der Waals surface area contributed by atoms with Gasteiger partial charge in [0.1, 0.15) is 12.4 Å². The molecule has 0 bridgehead atoms. The highest BCUT2D eigenvalue weighted by atomic mass is 16.5. The molecular formula is C15H13NO2. The molecule has 0 saturated heterocycles. The van der Waals surface area contributed by atoms with Crippen LogP contribution in [0.2, 0.25) is 0 Å². The molecule has 0 amide bonds. The van der Waals surface area contributed by atoms with E-state index in [1.54, 1.807) is 18.2 Å². The molecule has 0 atom stereocenters. The van der Waals surface area contributed by atoms with Gasteiger partial charge in [0.2, 0.25) is 0 Å². The number of hydrogen-bond acceptors (Lipinski definition) is 3. The van der Waals surface area contributed by atoms with Crippen LogP contribution >= 0.6 is 0 Å². The lowest BCUT2D eigenvalue weighted by Gasteiger charge is -2.10. The number of aliphatic hydroxyl groups excluding tert-OH is 1. The van der Waals surface area contributed by atoms with Gasteiger partial charge >= 0.3 is 0 Å². The average Bonchev–Trinajstić information content (AvgIpc) is 2.45. The Bertz CT molecular complexity index is 558. The summed E-state index contributed by atoms with van der Waals surface area (Å²) in [6.45, 7) is 0.318. The van der Waals surface area contributed by atoms with E-state index >= 15 is 0 Å². The molecule has 2 rings (SSSR count). The molecule has 0 aliphatic carbocycles. The van der Waals surface area contributed by atoms with Gasteiger partial charge < -0.3 is 9.84 Å². The van der Waals surface area contributed by atoms with Gasteiger partial charge in [0, 0.05) is 5.56 Å². The van der Waals surface area contributed by atoms with E-state index in [-0.39, 0.29) is 6.61 Å². The van der Waals surface area contributed by atoms with Crippen LogP contribution in [0.3, 0.4) is 0 Å². The fraction of sp³-hybridized carbons (Fsp3) is 0.133. The Balaban J connectivity index is 2.15. The Kier molecular flexibility index (Phi) is 3.95. The van der Waals surface area contributed by atoms with Crippen LogP contribution in [0.5, 0.6) is 5.75 Å². The summed E-state index contributed by atoms with van der Waals surface area (Å²) < 4.78 is 5.65. The van der Waals surface area contributed by atoms with E-state index in [1.165, 1.54) is 0 Å². The predicted octanol–water partition coefficient (Wildman–Crippen LogP) is 2.63. The normalized spacial score (nSPS) is 9.78. The number of hydrogen-bond donors (Lipinski definition) is 1. The smallest absolute Gasteiger partial charge is 0.126 e. The lowest BCUT2D eigenvalue weighted by molar-refractivity contribution is 0.259. The van der Waals surface area contributed by atoms with Crippen LogP contribution in [0.15, 0.2) is 48.5 Å². The van der Waals surface area contributed by atoms with Gasteiger partial charge in [-0.3, -0.25) is 0 Å². The van der Waals surface area contributed by atoms with Gasteiger partial charge in [-0.05, 0) is 17.7 Å². The first-order chi connectivity index (χ1) is 8.83. The fourth-order valence-corrected chi connectivity index (χ4v) is 1.62. The molecule has 3 nitrogen and oxygen atoms in total. The molecule has 0 fully saturated rings. The fourth-order valence-electron chi connectivity index (χ4n) is 1.62. The largest absolute Gasteiger partial charge is 0.488 e. The molecule has 3 heteroatoms. The standard InChI is InChI=1S/C15H13NO2/c16-9-13-6-7-14(10-17)15(8-13)18-11-12-4-2-1-3-5-12/h1-8,17H,10-11H2.